The summed E-state index contributed by atoms with van der Waals surface area (Å²) < 4.78 is 0. The number of aliphatic carboxylic acids is 1. The zero-order chi connectivity index (χ0) is 25.3. The van der Waals surface area contributed by atoms with E-state index in [2.05, 4.69) is 16.8 Å². The van der Waals surface area contributed by atoms with E-state index in [-0.39, 0.29) is 30.3 Å². The summed E-state index contributed by atoms with van der Waals surface area (Å²) in [6.07, 6.45) is 14.4. The summed E-state index contributed by atoms with van der Waals surface area (Å²) in [7, 11) is 0. The zero-order valence-electron chi connectivity index (χ0n) is 21.6. The fourth-order valence-corrected chi connectivity index (χ4v) is 6.48. The molecular formula is C30H43N3O3. The van der Waals surface area contributed by atoms with Crippen LogP contribution in [0.1, 0.15) is 82.6 Å². The van der Waals surface area contributed by atoms with Crippen molar-refractivity contribution in [2.24, 2.45) is 16.8 Å². The molecule has 1 aromatic rings. The summed E-state index contributed by atoms with van der Waals surface area (Å²) in [4.78, 5) is 32.8. The number of carbonyl (C=O) groups excluding carboxylic acids is 1. The van der Waals surface area contributed by atoms with E-state index in [1.165, 1.54) is 32.1 Å². The Morgan fingerprint density at radius 2 is 1.75 bits per heavy atom. The van der Waals surface area contributed by atoms with Gasteiger partial charge in [-0.05, 0) is 63.0 Å². The molecule has 3 fully saturated rings. The second-order valence-corrected chi connectivity index (χ2v) is 10.9. The Hall–Kier alpha value is -2.47. The molecular weight excluding hydrogens is 450 g/mol. The highest BCUT2D eigenvalue weighted by molar-refractivity contribution is 6.04. The van der Waals surface area contributed by atoms with Crippen LogP contribution in [0, 0.1) is 11.8 Å². The number of hydrogen-bond acceptors (Lipinski definition) is 4. The number of hydrogen-bond donors (Lipinski definition) is 2. The predicted molar refractivity (Wildman–Crippen MR) is 144 cm³/mol. The van der Waals surface area contributed by atoms with E-state index in [4.69, 9.17) is 4.99 Å². The first kappa shape index (κ1) is 26.6. The Labute approximate surface area is 216 Å². The largest absolute Gasteiger partial charge is 0.480 e. The number of nitrogens with zero attached hydrogens (tertiary/aromatic N) is 2. The second-order valence-electron chi connectivity index (χ2n) is 10.9. The molecule has 196 valence electrons. The van der Waals surface area contributed by atoms with Crippen molar-refractivity contribution in [1.82, 2.24) is 10.2 Å². The molecule has 2 N–H and O–H groups in total. The minimum Gasteiger partial charge on any atom is -0.480 e. The summed E-state index contributed by atoms with van der Waals surface area (Å²) in [5.41, 5.74) is 1.75. The first-order chi connectivity index (χ1) is 17.6. The molecule has 0 aromatic heterocycles. The van der Waals surface area contributed by atoms with Crippen molar-refractivity contribution in [2.75, 3.05) is 13.1 Å². The van der Waals surface area contributed by atoms with Crippen LogP contribution in [0.5, 0.6) is 0 Å². The molecule has 36 heavy (non-hydrogen) atoms. The van der Waals surface area contributed by atoms with E-state index >= 15 is 0 Å². The van der Waals surface area contributed by atoms with Gasteiger partial charge in [-0.2, -0.15) is 0 Å². The van der Waals surface area contributed by atoms with Crippen LogP contribution < -0.4 is 5.32 Å². The highest BCUT2D eigenvalue weighted by Crippen LogP contribution is 2.31. The lowest BCUT2D eigenvalue weighted by Crippen LogP contribution is -2.52. The molecule has 1 saturated heterocycles. The highest BCUT2D eigenvalue weighted by Gasteiger charge is 2.37. The van der Waals surface area contributed by atoms with Gasteiger partial charge in [0.1, 0.15) is 0 Å². The fraction of sp³-hybridized carbons (Fsp3) is 0.633. The van der Waals surface area contributed by atoms with Gasteiger partial charge >= 0.3 is 5.97 Å². The maximum Gasteiger partial charge on any atom is 0.328 e. The van der Waals surface area contributed by atoms with E-state index < -0.39 is 12.0 Å². The number of rotatable bonds is 10. The van der Waals surface area contributed by atoms with Crippen molar-refractivity contribution in [2.45, 2.75) is 95.2 Å². The van der Waals surface area contributed by atoms with Crippen LogP contribution >= 0.6 is 0 Å². The highest BCUT2D eigenvalue weighted by atomic mass is 16.4. The van der Waals surface area contributed by atoms with Gasteiger partial charge in [0.2, 0.25) is 5.91 Å². The third kappa shape index (κ3) is 6.84. The van der Waals surface area contributed by atoms with Crippen molar-refractivity contribution >= 4 is 17.6 Å². The maximum absolute atomic E-state index is 13.6. The first-order valence-corrected chi connectivity index (χ1v) is 14.1. The Kier molecular flexibility index (Phi) is 9.74. The molecule has 6 heteroatoms. The Bertz CT molecular complexity index is 909. The third-order valence-electron chi connectivity index (χ3n) is 8.37. The van der Waals surface area contributed by atoms with Gasteiger partial charge in [-0.1, -0.05) is 68.5 Å². The van der Waals surface area contributed by atoms with Crippen molar-refractivity contribution < 1.29 is 14.7 Å². The van der Waals surface area contributed by atoms with E-state index in [9.17, 15) is 14.7 Å². The number of nitrogens with one attached hydrogen (secondary N) is 1. The molecule has 2 saturated carbocycles. The molecule has 1 aliphatic heterocycles. The summed E-state index contributed by atoms with van der Waals surface area (Å²) >= 11 is 0. The van der Waals surface area contributed by atoms with Crippen LogP contribution in [-0.2, 0) is 9.59 Å². The van der Waals surface area contributed by atoms with Crippen LogP contribution in [0.25, 0.3) is 0 Å². The Balaban J connectivity index is 1.52. The topological polar surface area (TPSA) is 82.0 Å². The smallest absolute Gasteiger partial charge is 0.328 e. The average molecular weight is 494 g/mol. The summed E-state index contributed by atoms with van der Waals surface area (Å²) in [5, 5.41) is 13.2. The lowest BCUT2D eigenvalue weighted by Gasteiger charge is -2.36. The molecule has 1 amide bonds. The molecule has 4 rings (SSSR count). The molecule has 4 atom stereocenters. The summed E-state index contributed by atoms with van der Waals surface area (Å²) in [6, 6.07) is 8.96. The fourth-order valence-electron chi connectivity index (χ4n) is 6.48. The van der Waals surface area contributed by atoms with E-state index in [0.29, 0.717) is 0 Å². The normalized spacial score (nSPS) is 26.9. The lowest BCUT2D eigenvalue weighted by molar-refractivity contribution is -0.138. The molecule has 2 aliphatic carbocycles. The Morgan fingerprint density at radius 1 is 1.03 bits per heavy atom. The Morgan fingerprint density at radius 3 is 2.47 bits per heavy atom. The number of carboxylic acids is 1. The van der Waals surface area contributed by atoms with Crippen molar-refractivity contribution in [3.8, 4) is 0 Å². The van der Waals surface area contributed by atoms with Gasteiger partial charge in [0.05, 0.1) is 6.04 Å². The van der Waals surface area contributed by atoms with Crippen molar-refractivity contribution in [3.63, 3.8) is 0 Å². The average Bonchev–Trinajstić information content (AvgIpc) is 3.36. The SMILES string of the molecule is C=CC[C@H](N=C(c1ccccc1)C1CCCCC1NC(=O)C1CCCN1CC1CCCCC1)C(=O)O. The molecule has 3 aliphatic rings. The molecule has 1 heterocycles. The van der Waals surface area contributed by atoms with Crippen LogP contribution in [0.15, 0.2) is 48.0 Å². The van der Waals surface area contributed by atoms with Gasteiger partial charge in [0.15, 0.2) is 6.04 Å². The van der Waals surface area contributed by atoms with E-state index in [1.54, 1.807) is 6.08 Å². The predicted octanol–water partition coefficient (Wildman–Crippen LogP) is 5.22. The van der Waals surface area contributed by atoms with E-state index in [0.717, 1.165) is 68.8 Å². The van der Waals surface area contributed by atoms with Crippen molar-refractivity contribution in [3.05, 3.63) is 48.6 Å². The van der Waals surface area contributed by atoms with Gasteiger partial charge in [-0.15, -0.1) is 6.58 Å². The zero-order valence-corrected chi connectivity index (χ0v) is 21.6. The number of aliphatic imine (C=N–C) groups is 1. The second kappa shape index (κ2) is 13.2. The number of carboxylic acid groups (broad SMARTS) is 1. The molecule has 0 spiro atoms. The van der Waals surface area contributed by atoms with Gasteiger partial charge in [0.25, 0.3) is 0 Å². The van der Waals surface area contributed by atoms with Crippen LogP contribution in [0.2, 0.25) is 0 Å². The standard InChI is InChI=1S/C30H43N3O3/c1-2-12-26(30(35)36)31-28(23-15-7-4-8-16-23)24-17-9-10-18-25(24)32-29(34)27-19-11-20-33(27)21-22-13-5-3-6-14-22/h2,4,7-8,15-16,22,24-27H,1,3,5-6,9-14,17-21H2,(H,32,34)(H,35,36)/t24?,25?,26-,27?/m0/s1. The van der Waals surface area contributed by atoms with Gasteiger partial charge in [-0.25, -0.2) is 4.79 Å². The van der Waals surface area contributed by atoms with Crippen molar-refractivity contribution in [1.29, 1.82) is 0 Å². The minimum atomic E-state index is -0.941. The maximum atomic E-state index is 13.6. The molecule has 0 radical (unpaired) electrons. The third-order valence-corrected chi connectivity index (χ3v) is 8.37. The monoisotopic (exact) mass is 493 g/mol. The summed E-state index contributed by atoms with van der Waals surface area (Å²) in [6.45, 7) is 5.79. The van der Waals surface area contributed by atoms with Gasteiger partial charge in [0, 0.05) is 24.2 Å². The number of amides is 1. The molecule has 3 unspecified atom stereocenters. The molecule has 1 aromatic carbocycles. The van der Waals surface area contributed by atoms with Crippen LogP contribution in [-0.4, -0.2) is 58.8 Å². The van der Waals surface area contributed by atoms with Gasteiger partial charge < -0.3 is 10.4 Å². The van der Waals surface area contributed by atoms with Crippen LogP contribution in [0.4, 0.5) is 0 Å². The quantitative estimate of drug-likeness (QED) is 0.346. The first-order valence-electron chi connectivity index (χ1n) is 14.1. The summed E-state index contributed by atoms with van der Waals surface area (Å²) in [5.74, 6) is -0.0632. The lowest BCUT2D eigenvalue weighted by atomic mass is 9.79. The minimum absolute atomic E-state index is 0.00460. The molecule has 0 bridgehead atoms. The number of carbonyl (C=O) groups is 2. The number of benzene rings is 1. The number of likely N-dealkylation sites (tertiary alicyclic amines) is 1. The van der Waals surface area contributed by atoms with Gasteiger partial charge in [-0.3, -0.25) is 14.7 Å². The van der Waals surface area contributed by atoms with Crippen LogP contribution in [0.3, 0.4) is 0 Å². The van der Waals surface area contributed by atoms with E-state index in [1.807, 2.05) is 30.3 Å². The molecule has 6 nitrogen and oxygen atoms in total.